The van der Waals surface area contributed by atoms with Crippen LogP contribution >= 0.6 is 23.2 Å². The number of benzene rings is 1. The number of pyridine rings is 1. The molecule has 1 aromatic carbocycles. The van der Waals surface area contributed by atoms with Gasteiger partial charge in [-0.1, -0.05) is 61.3 Å². The first-order valence-electron chi connectivity index (χ1n) is 9.50. The number of halogens is 2. The van der Waals surface area contributed by atoms with Crippen molar-refractivity contribution in [1.82, 2.24) is 15.0 Å². The molecule has 2 heterocycles. The Morgan fingerprint density at radius 1 is 1.17 bits per heavy atom. The zero-order chi connectivity index (χ0) is 21.0. The van der Waals surface area contributed by atoms with Crippen molar-refractivity contribution in [2.45, 2.75) is 39.0 Å². The fourth-order valence-electron chi connectivity index (χ4n) is 3.34. The Morgan fingerprint density at radius 3 is 2.52 bits per heavy atom. The first-order chi connectivity index (χ1) is 13.9. The molecule has 0 bridgehead atoms. The highest BCUT2D eigenvalue weighted by atomic mass is 35.5. The van der Waals surface area contributed by atoms with E-state index in [1.807, 2.05) is 37.3 Å². The Morgan fingerprint density at radius 2 is 1.90 bits per heavy atom. The molecule has 0 aliphatic heterocycles. The smallest absolute Gasteiger partial charge is 0.255 e. The Balaban J connectivity index is 2.23. The van der Waals surface area contributed by atoms with Crippen LogP contribution in [0, 0.1) is 0 Å². The monoisotopic (exact) mass is 427 g/mol. The second-order valence-electron chi connectivity index (χ2n) is 7.15. The molecule has 29 heavy (non-hydrogen) atoms. The minimum absolute atomic E-state index is 0.189. The zero-order valence-corrected chi connectivity index (χ0v) is 18.2. The predicted molar refractivity (Wildman–Crippen MR) is 120 cm³/mol. The molecule has 2 aromatic heterocycles. The van der Waals surface area contributed by atoms with Crippen molar-refractivity contribution >= 4 is 23.2 Å². The molecule has 0 spiro atoms. The Bertz CT molecular complexity index is 1090. The Hall–Kier alpha value is -2.43. The molecule has 0 amide bonds. The van der Waals surface area contributed by atoms with Crippen LogP contribution in [0.1, 0.15) is 44.0 Å². The number of hydrogen-bond acceptors (Lipinski definition) is 3. The Labute approximate surface area is 180 Å². The van der Waals surface area contributed by atoms with E-state index in [9.17, 15) is 4.79 Å². The molecule has 0 saturated carbocycles. The second-order valence-corrected chi connectivity index (χ2v) is 7.99. The third-order valence-electron chi connectivity index (χ3n) is 5.10. The molecule has 1 atom stereocenters. The molecule has 3 aromatic rings. The fourth-order valence-corrected chi connectivity index (χ4v) is 3.68. The topological polar surface area (TPSA) is 58.6 Å². The third-order valence-corrected chi connectivity index (χ3v) is 5.66. The van der Waals surface area contributed by atoms with Gasteiger partial charge < -0.3 is 4.98 Å². The summed E-state index contributed by atoms with van der Waals surface area (Å²) in [5, 5.41) is 1.10. The summed E-state index contributed by atoms with van der Waals surface area (Å²) in [7, 11) is 0. The van der Waals surface area contributed by atoms with E-state index in [1.54, 1.807) is 18.3 Å². The number of hydrogen-bond donors (Lipinski definition) is 1. The van der Waals surface area contributed by atoms with E-state index >= 15 is 0 Å². The van der Waals surface area contributed by atoms with E-state index in [1.165, 1.54) is 0 Å². The first-order valence-corrected chi connectivity index (χ1v) is 10.3. The fraction of sp³-hybridized carbons (Fsp3) is 0.261. The standard InChI is InChI=1S/C23H23Cl2N3O/c1-4-12-23(3,5-2)20-17(14-15-8-10-16(24)11-9-15)22(29)28-21(27-20)19-18(25)7-6-13-26-19/h4,6-13H,5,14H2,1-3H3,(H,27,28,29). The van der Waals surface area contributed by atoms with Crippen molar-refractivity contribution in [3.05, 3.63) is 92.0 Å². The van der Waals surface area contributed by atoms with Gasteiger partial charge in [0.15, 0.2) is 5.82 Å². The van der Waals surface area contributed by atoms with E-state index in [-0.39, 0.29) is 5.56 Å². The largest absolute Gasteiger partial charge is 0.305 e. The molecule has 1 unspecified atom stereocenters. The minimum atomic E-state index is -0.402. The van der Waals surface area contributed by atoms with Crippen molar-refractivity contribution < 1.29 is 0 Å². The highest BCUT2D eigenvalue weighted by Gasteiger charge is 2.29. The van der Waals surface area contributed by atoms with Gasteiger partial charge >= 0.3 is 0 Å². The molecule has 150 valence electrons. The lowest BCUT2D eigenvalue weighted by Crippen LogP contribution is -2.29. The number of rotatable bonds is 6. The van der Waals surface area contributed by atoms with Gasteiger partial charge in [-0.2, -0.15) is 0 Å². The van der Waals surface area contributed by atoms with Crippen molar-refractivity contribution in [3.8, 4) is 11.5 Å². The van der Waals surface area contributed by atoms with Crippen LogP contribution in [-0.4, -0.2) is 15.0 Å². The van der Waals surface area contributed by atoms with Crippen LogP contribution in [0.2, 0.25) is 10.0 Å². The summed E-state index contributed by atoms with van der Waals surface area (Å²) in [6, 6.07) is 11.0. The van der Waals surface area contributed by atoms with Crippen LogP contribution in [0.4, 0.5) is 0 Å². The summed E-state index contributed by atoms with van der Waals surface area (Å²) >= 11 is 12.3. The highest BCUT2D eigenvalue weighted by Crippen LogP contribution is 2.32. The quantitative estimate of drug-likeness (QED) is 0.492. The number of aromatic amines is 1. The average Bonchev–Trinajstić information content (AvgIpc) is 2.71. The highest BCUT2D eigenvalue weighted by molar-refractivity contribution is 6.32. The van der Waals surface area contributed by atoms with Gasteiger partial charge in [-0.3, -0.25) is 9.78 Å². The molecule has 1 N–H and O–H groups in total. The molecule has 6 heteroatoms. The maximum atomic E-state index is 13.2. The lowest BCUT2D eigenvalue weighted by Gasteiger charge is -2.26. The maximum Gasteiger partial charge on any atom is 0.255 e. The first kappa shape index (κ1) is 21.3. The second kappa shape index (κ2) is 8.93. The normalized spacial score (nSPS) is 13.6. The number of aromatic nitrogens is 3. The van der Waals surface area contributed by atoms with Crippen LogP contribution in [-0.2, 0) is 11.8 Å². The van der Waals surface area contributed by atoms with Crippen molar-refractivity contribution in [2.24, 2.45) is 0 Å². The summed E-state index contributed by atoms with van der Waals surface area (Å²) in [6.07, 6.45) is 6.96. The molecule has 0 fully saturated rings. The molecule has 0 aliphatic rings. The summed E-state index contributed by atoms with van der Waals surface area (Å²) in [5.74, 6) is 0.375. The van der Waals surface area contributed by atoms with Crippen LogP contribution in [0.3, 0.4) is 0 Å². The van der Waals surface area contributed by atoms with Gasteiger partial charge in [0, 0.05) is 28.6 Å². The van der Waals surface area contributed by atoms with Crippen molar-refractivity contribution in [2.75, 3.05) is 0 Å². The van der Waals surface area contributed by atoms with Crippen molar-refractivity contribution in [1.29, 1.82) is 0 Å². The zero-order valence-electron chi connectivity index (χ0n) is 16.7. The number of nitrogens with one attached hydrogen (secondary N) is 1. The summed E-state index contributed by atoms with van der Waals surface area (Å²) < 4.78 is 0. The van der Waals surface area contributed by atoms with Crippen LogP contribution < -0.4 is 5.56 Å². The van der Waals surface area contributed by atoms with Crippen LogP contribution in [0.15, 0.2) is 59.5 Å². The lowest BCUT2D eigenvalue weighted by atomic mass is 9.80. The number of allylic oxidation sites excluding steroid dienone is 2. The predicted octanol–water partition coefficient (Wildman–Crippen LogP) is 5.97. The van der Waals surface area contributed by atoms with Gasteiger partial charge in [0.1, 0.15) is 5.69 Å². The summed E-state index contributed by atoms with van der Waals surface area (Å²) in [6.45, 7) is 6.14. The van der Waals surface area contributed by atoms with Gasteiger partial charge in [-0.15, -0.1) is 0 Å². The average molecular weight is 428 g/mol. The summed E-state index contributed by atoms with van der Waals surface area (Å²) in [4.78, 5) is 25.2. The van der Waals surface area contributed by atoms with Crippen LogP contribution in [0.25, 0.3) is 11.5 Å². The molecule has 3 rings (SSSR count). The van der Waals surface area contributed by atoms with E-state index in [0.29, 0.717) is 33.5 Å². The van der Waals surface area contributed by atoms with Gasteiger partial charge in [0.2, 0.25) is 0 Å². The maximum absolute atomic E-state index is 13.2. The van der Waals surface area contributed by atoms with Crippen molar-refractivity contribution in [3.63, 3.8) is 0 Å². The molecular formula is C23H23Cl2N3O. The Kier molecular flexibility index (Phi) is 6.56. The van der Waals surface area contributed by atoms with E-state index in [2.05, 4.69) is 29.9 Å². The van der Waals surface area contributed by atoms with Gasteiger partial charge in [-0.05, 0) is 43.2 Å². The third kappa shape index (κ3) is 4.60. The van der Waals surface area contributed by atoms with E-state index in [4.69, 9.17) is 28.2 Å². The summed E-state index contributed by atoms with van der Waals surface area (Å²) in [5.41, 5.74) is 2.22. The molecule has 0 saturated heterocycles. The van der Waals surface area contributed by atoms with E-state index in [0.717, 1.165) is 17.7 Å². The van der Waals surface area contributed by atoms with E-state index < -0.39 is 5.41 Å². The van der Waals surface area contributed by atoms with Gasteiger partial charge in [0.25, 0.3) is 5.56 Å². The SMILES string of the molecule is CC=CC(C)(CC)c1nc(-c2ncccc2Cl)[nH]c(=O)c1Cc1ccc(Cl)cc1. The van der Waals surface area contributed by atoms with Gasteiger partial charge in [-0.25, -0.2) is 4.98 Å². The number of nitrogens with zero attached hydrogens (tertiary/aromatic N) is 2. The number of H-pyrrole nitrogens is 1. The molecule has 0 aliphatic carbocycles. The molecule has 0 radical (unpaired) electrons. The molecular weight excluding hydrogens is 405 g/mol. The molecule has 4 nitrogen and oxygen atoms in total. The van der Waals surface area contributed by atoms with Crippen LogP contribution in [0.5, 0.6) is 0 Å². The minimum Gasteiger partial charge on any atom is -0.305 e. The van der Waals surface area contributed by atoms with Gasteiger partial charge in [0.05, 0.1) is 10.7 Å². The lowest BCUT2D eigenvalue weighted by molar-refractivity contribution is 0.544.